The van der Waals surface area contributed by atoms with E-state index in [1.54, 1.807) is 24.3 Å². The van der Waals surface area contributed by atoms with Crippen LogP contribution < -0.4 is 4.74 Å². The first-order valence-electron chi connectivity index (χ1n) is 14.1. The molecular weight excluding hydrogens is 595 g/mol. The minimum absolute atomic E-state index is 0.0918. The number of carboxylic acids is 1. The second-order valence-electron chi connectivity index (χ2n) is 11.1. The van der Waals surface area contributed by atoms with Crippen LogP contribution in [-0.2, 0) is 31.1 Å². The van der Waals surface area contributed by atoms with Crippen molar-refractivity contribution in [3.8, 4) is 11.6 Å². The monoisotopic (exact) mass is 625 g/mol. The summed E-state index contributed by atoms with van der Waals surface area (Å²) in [5.41, 5.74) is 1.86. The van der Waals surface area contributed by atoms with Crippen molar-refractivity contribution in [2.75, 3.05) is 6.54 Å². The molecule has 2 atom stereocenters. The Balaban J connectivity index is 1.47. The molecule has 0 spiro atoms. The number of hydrogen-bond acceptors (Lipinski definition) is 8. The number of alkyl halides is 3. The van der Waals surface area contributed by atoms with Gasteiger partial charge >= 0.3 is 12.1 Å². The van der Waals surface area contributed by atoms with Crippen molar-refractivity contribution in [1.82, 2.24) is 24.9 Å². The Hall–Kier alpha value is -4.23. The Bertz CT molecular complexity index is 1890. The molecule has 3 aromatic heterocycles. The second kappa shape index (κ2) is 11.4. The third kappa shape index (κ3) is 5.57. The minimum Gasteiger partial charge on any atom is -0.493 e. The largest absolute Gasteiger partial charge is 0.493 e. The molecule has 6 rings (SSSR count). The summed E-state index contributed by atoms with van der Waals surface area (Å²) in [4.78, 5) is 18.6. The van der Waals surface area contributed by atoms with Crippen LogP contribution in [0.2, 0.25) is 0 Å². The number of nitrogens with zero attached hydrogens (tertiary/aromatic N) is 5. The van der Waals surface area contributed by atoms with Gasteiger partial charge in [-0.15, -0.1) is 16.4 Å². The van der Waals surface area contributed by atoms with Crippen LogP contribution in [0.3, 0.4) is 0 Å². The van der Waals surface area contributed by atoms with Gasteiger partial charge in [0.05, 0.1) is 12.0 Å². The molecule has 5 aromatic rings. The normalized spacial score (nSPS) is 16.5. The van der Waals surface area contributed by atoms with E-state index in [0.29, 0.717) is 42.2 Å². The average molecular weight is 626 g/mol. The predicted molar refractivity (Wildman–Crippen MR) is 159 cm³/mol. The Morgan fingerprint density at radius 1 is 1.23 bits per heavy atom. The van der Waals surface area contributed by atoms with Gasteiger partial charge in [-0.3, -0.25) is 9.69 Å². The number of thiophene rings is 1. The SMILES string of the molecule is CC[C@@H]1CN(Cc2cc(C(CC(=O)O)c3cc(C(F)(F)F)c4c(nnn4C)c3C)cc3ccsc23)Cc2nc(O)ccc2O1. The molecule has 4 heterocycles. The number of aryl methyl sites for hydroxylation is 2. The highest BCUT2D eigenvalue weighted by Crippen LogP contribution is 2.42. The van der Waals surface area contributed by atoms with Gasteiger partial charge in [0.2, 0.25) is 5.88 Å². The molecule has 0 saturated carbocycles. The van der Waals surface area contributed by atoms with E-state index >= 15 is 0 Å². The Kier molecular flexibility index (Phi) is 7.70. The summed E-state index contributed by atoms with van der Waals surface area (Å²) in [5, 5.41) is 30.6. The summed E-state index contributed by atoms with van der Waals surface area (Å²) >= 11 is 1.55. The molecule has 0 saturated heterocycles. The van der Waals surface area contributed by atoms with Gasteiger partial charge in [0.25, 0.3) is 0 Å². The van der Waals surface area contributed by atoms with Gasteiger partial charge in [0, 0.05) is 43.4 Å². The van der Waals surface area contributed by atoms with E-state index in [9.17, 15) is 28.2 Å². The third-order valence-corrected chi connectivity index (χ3v) is 9.18. The molecule has 0 aliphatic carbocycles. The highest BCUT2D eigenvalue weighted by molar-refractivity contribution is 7.17. The maximum Gasteiger partial charge on any atom is 0.418 e. The highest BCUT2D eigenvalue weighted by Gasteiger charge is 2.37. The van der Waals surface area contributed by atoms with E-state index in [0.717, 1.165) is 32.8 Å². The summed E-state index contributed by atoms with van der Waals surface area (Å²) < 4.78 is 51.2. The first kappa shape index (κ1) is 29.8. The lowest BCUT2D eigenvalue weighted by molar-refractivity contribution is -0.137. The highest BCUT2D eigenvalue weighted by atomic mass is 32.1. The molecule has 1 aliphatic heterocycles. The summed E-state index contributed by atoms with van der Waals surface area (Å²) in [7, 11) is 1.40. The molecule has 1 aliphatic rings. The molecule has 9 nitrogen and oxygen atoms in total. The van der Waals surface area contributed by atoms with Crippen LogP contribution >= 0.6 is 11.3 Å². The Morgan fingerprint density at radius 3 is 2.75 bits per heavy atom. The van der Waals surface area contributed by atoms with Crippen LogP contribution in [0, 0.1) is 6.92 Å². The fourth-order valence-corrected chi connectivity index (χ4v) is 6.98. The molecule has 0 bridgehead atoms. The zero-order valence-electron chi connectivity index (χ0n) is 24.2. The number of aromatic hydroxyl groups is 1. The fourth-order valence-electron chi connectivity index (χ4n) is 6.09. The summed E-state index contributed by atoms with van der Waals surface area (Å²) in [6.45, 7) is 5.14. The number of ether oxygens (including phenoxy) is 1. The molecule has 1 unspecified atom stereocenters. The van der Waals surface area contributed by atoms with Gasteiger partial charge in [-0.2, -0.15) is 13.2 Å². The van der Waals surface area contributed by atoms with Crippen molar-refractivity contribution in [1.29, 1.82) is 0 Å². The lowest BCUT2D eigenvalue weighted by Crippen LogP contribution is -2.32. The molecule has 230 valence electrons. The van der Waals surface area contributed by atoms with Crippen molar-refractivity contribution < 1.29 is 32.9 Å². The Labute approximate surface area is 254 Å². The molecule has 44 heavy (non-hydrogen) atoms. The predicted octanol–water partition coefficient (Wildman–Crippen LogP) is 6.39. The van der Waals surface area contributed by atoms with Crippen molar-refractivity contribution >= 4 is 38.4 Å². The van der Waals surface area contributed by atoms with Crippen LogP contribution in [0.25, 0.3) is 21.1 Å². The van der Waals surface area contributed by atoms with Gasteiger partial charge in [0.1, 0.15) is 28.6 Å². The quantitative estimate of drug-likeness (QED) is 0.214. The van der Waals surface area contributed by atoms with Crippen molar-refractivity contribution in [2.45, 2.75) is 58.0 Å². The number of benzene rings is 2. The van der Waals surface area contributed by atoms with Crippen LogP contribution in [0.4, 0.5) is 13.2 Å². The zero-order valence-corrected chi connectivity index (χ0v) is 25.0. The van der Waals surface area contributed by atoms with Crippen LogP contribution in [-0.4, -0.2) is 53.7 Å². The Morgan fingerprint density at radius 2 is 2.02 bits per heavy atom. The summed E-state index contributed by atoms with van der Waals surface area (Å²) in [6.07, 6.45) is -4.48. The first-order valence-corrected chi connectivity index (χ1v) is 15.0. The maximum atomic E-state index is 14.3. The van der Waals surface area contributed by atoms with E-state index in [1.807, 2.05) is 30.5 Å². The lowest BCUT2D eigenvalue weighted by Gasteiger charge is -2.25. The van der Waals surface area contributed by atoms with E-state index in [-0.39, 0.29) is 28.6 Å². The fraction of sp³-hybridized carbons (Fsp3) is 0.355. The van der Waals surface area contributed by atoms with Crippen molar-refractivity contribution in [3.63, 3.8) is 0 Å². The molecule has 13 heteroatoms. The van der Waals surface area contributed by atoms with E-state index in [4.69, 9.17) is 4.74 Å². The number of fused-ring (bicyclic) bond motifs is 3. The zero-order chi connectivity index (χ0) is 31.3. The van der Waals surface area contributed by atoms with Crippen LogP contribution in [0.1, 0.15) is 59.2 Å². The lowest BCUT2D eigenvalue weighted by atomic mass is 9.83. The summed E-state index contributed by atoms with van der Waals surface area (Å²) in [6, 6.07) is 9.96. The van der Waals surface area contributed by atoms with Crippen LogP contribution in [0.5, 0.6) is 11.6 Å². The number of carboxylic acid groups (broad SMARTS) is 1. The molecule has 0 radical (unpaired) electrons. The first-order chi connectivity index (χ1) is 20.9. The smallest absolute Gasteiger partial charge is 0.418 e. The van der Waals surface area contributed by atoms with Gasteiger partial charge in [-0.1, -0.05) is 18.2 Å². The van der Waals surface area contributed by atoms with Gasteiger partial charge in [-0.05, 0) is 70.6 Å². The van der Waals surface area contributed by atoms with Gasteiger partial charge in [0.15, 0.2) is 0 Å². The van der Waals surface area contributed by atoms with Gasteiger partial charge in [-0.25, -0.2) is 9.67 Å². The van der Waals surface area contributed by atoms with Crippen molar-refractivity contribution in [2.24, 2.45) is 7.05 Å². The average Bonchev–Trinajstić information content (AvgIpc) is 3.55. The molecule has 0 fully saturated rings. The maximum absolute atomic E-state index is 14.3. The van der Waals surface area contributed by atoms with E-state index in [1.165, 1.54) is 13.1 Å². The van der Waals surface area contributed by atoms with E-state index in [2.05, 4.69) is 20.2 Å². The van der Waals surface area contributed by atoms with Crippen molar-refractivity contribution in [3.05, 3.63) is 75.3 Å². The summed E-state index contributed by atoms with van der Waals surface area (Å²) in [5.74, 6) is -1.50. The van der Waals surface area contributed by atoms with E-state index < -0.39 is 30.0 Å². The number of carbonyl (C=O) groups is 1. The number of pyridine rings is 1. The minimum atomic E-state index is -4.70. The van der Waals surface area contributed by atoms with Gasteiger partial charge < -0.3 is 14.9 Å². The molecular formula is C31H30F3N5O4S. The van der Waals surface area contributed by atoms with Crippen LogP contribution in [0.15, 0.2) is 41.8 Å². The number of hydrogen-bond donors (Lipinski definition) is 2. The standard InChI is InChI=1S/C31H30F3N5O4S/c1-4-20-14-39(15-24-25(43-20)5-6-26(40)35-24)13-19-10-18(9-17-7-8-44-30(17)19)22(12-27(41)42)21-11-23(31(32,33)34)29-28(16(21)2)36-37-38(29)3/h5-11,20,22H,4,12-15H2,1-3H3,(H,35,40)(H,41,42)/t20-,22?/m1/s1. The number of halogens is 3. The number of aliphatic carboxylic acids is 1. The topological polar surface area (TPSA) is 114 Å². The molecule has 2 aromatic carbocycles. The molecule has 2 N–H and O–H groups in total. The third-order valence-electron chi connectivity index (χ3n) is 8.18. The molecule has 0 amide bonds. The second-order valence-corrected chi connectivity index (χ2v) is 12.1. The number of rotatable bonds is 7. The number of aromatic nitrogens is 4.